The molecule has 0 spiro atoms. The number of H-pyrrole nitrogens is 2. The fourth-order valence-electron chi connectivity index (χ4n) is 4.49. The summed E-state index contributed by atoms with van der Waals surface area (Å²) in [4.78, 5) is 49.7. The summed E-state index contributed by atoms with van der Waals surface area (Å²) in [6.45, 7) is 1.15. The minimum Gasteiger partial charge on any atom is -0.465 e. The Hall–Kier alpha value is -3.94. The molecule has 33 heavy (non-hydrogen) atoms. The molecule has 2 N–H and O–H groups in total. The molecular weight excluding hydrogens is 420 g/mol. The van der Waals surface area contributed by atoms with Gasteiger partial charge in [-0.15, -0.1) is 0 Å². The van der Waals surface area contributed by atoms with Crippen LogP contribution in [0.1, 0.15) is 40.3 Å². The smallest absolute Gasteiger partial charge is 0.337 e. The van der Waals surface area contributed by atoms with E-state index in [1.807, 2.05) is 35.2 Å². The molecule has 0 bridgehead atoms. The van der Waals surface area contributed by atoms with Gasteiger partial charge in [0.2, 0.25) is 5.91 Å². The summed E-state index contributed by atoms with van der Waals surface area (Å²) >= 11 is 0. The molecule has 168 valence electrons. The molecular formula is C25H24N4O4. The van der Waals surface area contributed by atoms with Crippen molar-refractivity contribution in [1.82, 2.24) is 19.9 Å². The summed E-state index contributed by atoms with van der Waals surface area (Å²) in [5.41, 5.74) is 4.11. The monoisotopic (exact) mass is 444 g/mol. The highest BCUT2D eigenvalue weighted by atomic mass is 16.5. The van der Waals surface area contributed by atoms with Gasteiger partial charge in [-0.1, -0.05) is 12.1 Å². The molecule has 0 saturated carbocycles. The van der Waals surface area contributed by atoms with Crippen molar-refractivity contribution >= 4 is 33.7 Å². The fourth-order valence-corrected chi connectivity index (χ4v) is 4.49. The Kier molecular flexibility index (Phi) is 5.42. The van der Waals surface area contributed by atoms with Crippen molar-refractivity contribution < 1.29 is 14.3 Å². The molecule has 4 aromatic rings. The van der Waals surface area contributed by atoms with Gasteiger partial charge in [-0.25, -0.2) is 9.78 Å². The van der Waals surface area contributed by atoms with E-state index in [0.717, 1.165) is 28.6 Å². The summed E-state index contributed by atoms with van der Waals surface area (Å²) in [5, 5.41) is 1.51. The number of nitrogens with zero attached hydrogens (tertiary/aromatic N) is 2. The van der Waals surface area contributed by atoms with E-state index in [9.17, 15) is 14.4 Å². The third-order valence-corrected chi connectivity index (χ3v) is 6.22. The number of aromatic amines is 2. The maximum Gasteiger partial charge on any atom is 0.337 e. The lowest BCUT2D eigenvalue weighted by Crippen LogP contribution is -2.35. The molecule has 0 aliphatic carbocycles. The Morgan fingerprint density at radius 1 is 1.12 bits per heavy atom. The van der Waals surface area contributed by atoms with E-state index in [2.05, 4.69) is 15.0 Å². The van der Waals surface area contributed by atoms with Crippen LogP contribution in [0.5, 0.6) is 0 Å². The number of rotatable bonds is 5. The number of methoxy groups -OCH3 is 1. The average molecular weight is 444 g/mol. The second-order valence-electron chi connectivity index (χ2n) is 8.28. The minimum absolute atomic E-state index is 0.0715. The van der Waals surface area contributed by atoms with Crippen molar-refractivity contribution in [2.24, 2.45) is 0 Å². The van der Waals surface area contributed by atoms with Gasteiger partial charge in [0.1, 0.15) is 5.82 Å². The zero-order chi connectivity index (χ0) is 22.9. The normalized spacial score (nSPS) is 13.3. The summed E-state index contributed by atoms with van der Waals surface area (Å²) in [6.07, 6.45) is 2.24. The van der Waals surface area contributed by atoms with E-state index in [-0.39, 0.29) is 17.4 Å². The molecule has 2 aromatic carbocycles. The van der Waals surface area contributed by atoms with E-state index in [1.54, 1.807) is 12.1 Å². The molecule has 1 aliphatic rings. The molecule has 1 aliphatic heterocycles. The van der Waals surface area contributed by atoms with Crippen LogP contribution in [0.25, 0.3) is 21.8 Å². The van der Waals surface area contributed by atoms with Gasteiger partial charge in [0.05, 0.1) is 23.6 Å². The first kappa shape index (κ1) is 20.9. The maximum absolute atomic E-state index is 12.9. The number of ether oxygens (including phenoxy) is 1. The van der Waals surface area contributed by atoms with Crippen molar-refractivity contribution in [1.29, 1.82) is 0 Å². The van der Waals surface area contributed by atoms with Crippen molar-refractivity contribution in [3.05, 3.63) is 75.5 Å². The van der Waals surface area contributed by atoms with Gasteiger partial charge in [-0.3, -0.25) is 9.59 Å². The quantitative estimate of drug-likeness (QED) is 0.460. The predicted molar refractivity (Wildman–Crippen MR) is 124 cm³/mol. The molecule has 2 aromatic heterocycles. The van der Waals surface area contributed by atoms with Gasteiger partial charge in [0.15, 0.2) is 0 Å². The third kappa shape index (κ3) is 4.00. The standard InChI is InChI=1S/C25H24N4O4/c1-33-25(32)15-9-10-20-17(13-15)18-14-29(12-11-21(18)26-20)23(30)8-4-7-22-27-19-6-3-2-5-16(19)24(31)28-22/h2-3,5-6,9-10,13,26H,4,7-8,11-12,14H2,1H3,(H,27,28,31). The lowest BCUT2D eigenvalue weighted by Gasteiger charge is -2.27. The van der Waals surface area contributed by atoms with Crippen LogP contribution >= 0.6 is 0 Å². The number of carbonyl (C=O) groups excluding carboxylic acids is 2. The summed E-state index contributed by atoms with van der Waals surface area (Å²) in [6, 6.07) is 12.7. The molecule has 3 heterocycles. The number of amides is 1. The zero-order valence-electron chi connectivity index (χ0n) is 18.3. The molecule has 0 atom stereocenters. The van der Waals surface area contributed by atoms with Crippen LogP contribution in [-0.2, 0) is 28.9 Å². The van der Waals surface area contributed by atoms with Gasteiger partial charge < -0.3 is 19.6 Å². The molecule has 8 heteroatoms. The first-order valence-electron chi connectivity index (χ1n) is 11.0. The Balaban J connectivity index is 1.26. The van der Waals surface area contributed by atoms with Crippen LogP contribution in [-0.4, -0.2) is 45.4 Å². The zero-order valence-corrected chi connectivity index (χ0v) is 18.3. The maximum atomic E-state index is 12.9. The second kappa shape index (κ2) is 8.54. The molecule has 1 amide bonds. The van der Waals surface area contributed by atoms with Gasteiger partial charge in [0.25, 0.3) is 5.56 Å². The Morgan fingerprint density at radius 3 is 2.82 bits per heavy atom. The van der Waals surface area contributed by atoms with Crippen molar-refractivity contribution in [3.63, 3.8) is 0 Å². The van der Waals surface area contributed by atoms with Crippen molar-refractivity contribution in [2.45, 2.75) is 32.2 Å². The SMILES string of the molecule is COC(=O)c1ccc2[nH]c3c(c2c1)CN(C(=O)CCCc1nc2ccccc2c(=O)[nH]1)CC3. The number of hydrogen-bond acceptors (Lipinski definition) is 5. The third-order valence-electron chi connectivity index (χ3n) is 6.22. The number of para-hydroxylation sites is 1. The van der Waals surface area contributed by atoms with Crippen molar-refractivity contribution in [3.8, 4) is 0 Å². The average Bonchev–Trinajstić information content (AvgIpc) is 3.20. The number of hydrogen-bond donors (Lipinski definition) is 2. The second-order valence-corrected chi connectivity index (χ2v) is 8.28. The lowest BCUT2D eigenvalue weighted by molar-refractivity contribution is -0.132. The molecule has 0 saturated heterocycles. The number of aryl methyl sites for hydroxylation is 1. The number of aromatic nitrogens is 3. The number of benzene rings is 2. The molecule has 0 unspecified atom stereocenters. The van der Waals surface area contributed by atoms with Crippen LogP contribution in [0.15, 0.2) is 47.3 Å². The Morgan fingerprint density at radius 2 is 1.97 bits per heavy atom. The molecule has 8 nitrogen and oxygen atoms in total. The number of nitrogens with one attached hydrogen (secondary N) is 2. The highest BCUT2D eigenvalue weighted by Crippen LogP contribution is 2.29. The summed E-state index contributed by atoms with van der Waals surface area (Å²) in [7, 11) is 1.36. The topological polar surface area (TPSA) is 108 Å². The van der Waals surface area contributed by atoms with E-state index < -0.39 is 0 Å². The predicted octanol–water partition coefficient (Wildman–Crippen LogP) is 3.10. The van der Waals surface area contributed by atoms with Gasteiger partial charge >= 0.3 is 5.97 Å². The Labute approximate surface area is 189 Å². The van der Waals surface area contributed by atoms with Crippen LogP contribution < -0.4 is 5.56 Å². The molecule has 5 rings (SSSR count). The van der Waals surface area contributed by atoms with Crippen molar-refractivity contribution in [2.75, 3.05) is 13.7 Å². The van der Waals surface area contributed by atoms with Gasteiger partial charge in [-0.05, 0) is 36.8 Å². The minimum atomic E-state index is -0.379. The first-order chi connectivity index (χ1) is 16.0. The van der Waals surface area contributed by atoms with E-state index >= 15 is 0 Å². The highest BCUT2D eigenvalue weighted by molar-refractivity contribution is 5.96. The van der Waals surface area contributed by atoms with Crippen LogP contribution in [0, 0.1) is 0 Å². The lowest BCUT2D eigenvalue weighted by atomic mass is 10.0. The largest absolute Gasteiger partial charge is 0.465 e. The molecule has 0 fully saturated rings. The summed E-state index contributed by atoms with van der Waals surface area (Å²) in [5.74, 6) is 0.289. The summed E-state index contributed by atoms with van der Waals surface area (Å²) < 4.78 is 4.84. The molecule has 0 radical (unpaired) electrons. The van der Waals surface area contributed by atoms with Crippen LogP contribution in [0.2, 0.25) is 0 Å². The Bertz CT molecular complexity index is 1440. The number of esters is 1. The fraction of sp³-hybridized carbons (Fsp3) is 0.280. The highest BCUT2D eigenvalue weighted by Gasteiger charge is 2.24. The van der Waals surface area contributed by atoms with Crippen LogP contribution in [0.3, 0.4) is 0 Å². The first-order valence-corrected chi connectivity index (χ1v) is 11.0. The van der Waals surface area contributed by atoms with Crippen LogP contribution in [0.4, 0.5) is 0 Å². The van der Waals surface area contributed by atoms with Gasteiger partial charge in [-0.2, -0.15) is 0 Å². The van der Waals surface area contributed by atoms with E-state index in [0.29, 0.717) is 54.6 Å². The van der Waals surface area contributed by atoms with E-state index in [1.165, 1.54) is 7.11 Å². The number of carbonyl (C=O) groups is 2. The van der Waals surface area contributed by atoms with E-state index in [4.69, 9.17) is 4.74 Å². The van der Waals surface area contributed by atoms with Gasteiger partial charge in [0, 0.05) is 54.5 Å². The number of fused-ring (bicyclic) bond motifs is 4.